The van der Waals surface area contributed by atoms with Gasteiger partial charge in [-0.05, 0) is 35.0 Å². The lowest BCUT2D eigenvalue weighted by atomic mass is 10.1. The van der Waals surface area contributed by atoms with E-state index in [1.165, 1.54) is 0 Å². The first-order valence-corrected chi connectivity index (χ1v) is 5.80. The summed E-state index contributed by atoms with van der Waals surface area (Å²) in [6, 6.07) is 6.96. The highest BCUT2D eigenvalue weighted by molar-refractivity contribution is 9.10. The zero-order chi connectivity index (χ0) is 13.0. The molecule has 1 aromatic rings. The van der Waals surface area contributed by atoms with E-state index in [0.29, 0.717) is 12.1 Å². The van der Waals surface area contributed by atoms with E-state index in [1.807, 2.05) is 19.1 Å². The van der Waals surface area contributed by atoms with Crippen LogP contribution in [0.5, 0.6) is 0 Å². The van der Waals surface area contributed by atoms with Crippen molar-refractivity contribution in [1.29, 1.82) is 10.5 Å². The summed E-state index contributed by atoms with van der Waals surface area (Å²) in [6.45, 7) is 1.84. The average molecular weight is 296 g/mol. The maximum atomic E-state index is 14.0. The predicted octanol–water partition coefficient (Wildman–Crippen LogP) is 3.20. The van der Waals surface area contributed by atoms with Crippen LogP contribution in [0.2, 0.25) is 0 Å². The van der Waals surface area contributed by atoms with Gasteiger partial charge >= 0.3 is 0 Å². The predicted molar refractivity (Wildman–Crippen MR) is 66.9 cm³/mol. The second kappa shape index (κ2) is 5.65. The fourth-order valence-electron chi connectivity index (χ4n) is 1.40. The summed E-state index contributed by atoms with van der Waals surface area (Å²) in [5.74, 6) is -0.476. The Kier molecular flexibility index (Phi) is 4.48. The number of hydrogen-bond donors (Lipinski definition) is 0. The third-order valence-electron chi connectivity index (χ3n) is 2.61. The average Bonchev–Trinajstić information content (AvgIpc) is 2.32. The van der Waals surface area contributed by atoms with Crippen LogP contribution in [0.4, 0.5) is 10.1 Å². The van der Waals surface area contributed by atoms with Crippen molar-refractivity contribution in [1.82, 2.24) is 0 Å². The highest BCUT2D eigenvalue weighted by Crippen LogP contribution is 2.29. The number of benzene rings is 1. The van der Waals surface area contributed by atoms with Gasteiger partial charge in [-0.2, -0.15) is 10.5 Å². The lowest BCUT2D eigenvalue weighted by Crippen LogP contribution is -2.29. The van der Waals surface area contributed by atoms with Crippen molar-refractivity contribution in [3.8, 4) is 12.1 Å². The maximum Gasteiger partial charge on any atom is 0.161 e. The summed E-state index contributed by atoms with van der Waals surface area (Å²) in [4.78, 5) is 1.68. The Morgan fingerprint density at radius 1 is 1.47 bits per heavy atom. The van der Waals surface area contributed by atoms with Gasteiger partial charge in [-0.3, -0.25) is 0 Å². The van der Waals surface area contributed by atoms with E-state index in [9.17, 15) is 4.39 Å². The smallest absolute Gasteiger partial charge is 0.161 e. The number of nitriles is 2. The maximum absolute atomic E-state index is 14.0. The van der Waals surface area contributed by atoms with Crippen LogP contribution in [0.15, 0.2) is 16.6 Å². The van der Waals surface area contributed by atoms with Crippen LogP contribution in [0.25, 0.3) is 0 Å². The van der Waals surface area contributed by atoms with Crippen molar-refractivity contribution in [3.63, 3.8) is 0 Å². The van der Waals surface area contributed by atoms with Crippen LogP contribution in [0.3, 0.4) is 0 Å². The topological polar surface area (TPSA) is 50.8 Å². The molecule has 0 aliphatic heterocycles. The summed E-state index contributed by atoms with van der Waals surface area (Å²) >= 11 is 3.06. The molecule has 0 aliphatic rings. The Hall–Kier alpha value is -1.59. The summed E-state index contributed by atoms with van der Waals surface area (Å²) in [5.41, 5.74) is 0.631. The second-order valence-corrected chi connectivity index (χ2v) is 4.49. The van der Waals surface area contributed by atoms with Crippen LogP contribution in [0.1, 0.15) is 18.9 Å². The summed E-state index contributed by atoms with van der Waals surface area (Å²) < 4.78 is 14.1. The molecule has 1 aromatic carbocycles. The first-order valence-electron chi connectivity index (χ1n) is 5.00. The van der Waals surface area contributed by atoms with Crippen LogP contribution in [-0.4, -0.2) is 13.1 Å². The molecule has 0 aliphatic carbocycles. The Morgan fingerprint density at radius 3 is 2.65 bits per heavy atom. The van der Waals surface area contributed by atoms with Crippen molar-refractivity contribution >= 4 is 21.6 Å². The number of anilines is 1. The minimum atomic E-state index is -0.476. The Balaban J connectivity index is 3.13. The van der Waals surface area contributed by atoms with Gasteiger partial charge in [0, 0.05) is 13.1 Å². The van der Waals surface area contributed by atoms with E-state index in [1.54, 1.807) is 24.1 Å². The zero-order valence-corrected chi connectivity index (χ0v) is 11.1. The van der Waals surface area contributed by atoms with Gasteiger partial charge in [0.1, 0.15) is 6.07 Å². The van der Waals surface area contributed by atoms with E-state index in [4.69, 9.17) is 10.5 Å². The fourth-order valence-corrected chi connectivity index (χ4v) is 1.83. The van der Waals surface area contributed by atoms with E-state index >= 15 is 0 Å². The molecule has 1 unspecified atom stereocenters. The number of hydrogen-bond acceptors (Lipinski definition) is 3. The lowest BCUT2D eigenvalue weighted by molar-refractivity contribution is 0.601. The molecule has 0 radical (unpaired) electrons. The van der Waals surface area contributed by atoms with Crippen LogP contribution in [0, 0.1) is 28.5 Å². The molecule has 0 fully saturated rings. The van der Waals surface area contributed by atoms with Gasteiger partial charge in [-0.15, -0.1) is 0 Å². The third-order valence-corrected chi connectivity index (χ3v) is 3.39. The minimum Gasteiger partial charge on any atom is -0.368 e. The van der Waals surface area contributed by atoms with Crippen LogP contribution in [-0.2, 0) is 0 Å². The molecule has 17 heavy (non-hydrogen) atoms. The lowest BCUT2D eigenvalue weighted by Gasteiger charge is -2.26. The van der Waals surface area contributed by atoms with Gasteiger partial charge in [0.25, 0.3) is 0 Å². The standard InChI is InChI=1S/C12H11BrFN3/c1-8(5-6-15)17(2)10-4-3-9(7-16)11(13)12(10)14/h3-4,8H,5H2,1-2H3. The van der Waals surface area contributed by atoms with Crippen molar-refractivity contribution in [2.75, 3.05) is 11.9 Å². The van der Waals surface area contributed by atoms with Crippen molar-refractivity contribution in [2.24, 2.45) is 0 Å². The molecule has 1 rings (SSSR count). The Labute approximate surface area is 108 Å². The monoisotopic (exact) mass is 295 g/mol. The number of halogens is 2. The molecular formula is C12H11BrFN3. The minimum absolute atomic E-state index is 0.0886. The Morgan fingerprint density at radius 2 is 2.12 bits per heavy atom. The van der Waals surface area contributed by atoms with Crippen LogP contribution >= 0.6 is 15.9 Å². The summed E-state index contributed by atoms with van der Waals surface area (Å²) in [5, 5.41) is 17.4. The van der Waals surface area contributed by atoms with Gasteiger partial charge in [-0.1, -0.05) is 0 Å². The van der Waals surface area contributed by atoms with Gasteiger partial charge in [0.2, 0.25) is 0 Å². The molecule has 1 atom stereocenters. The van der Waals surface area contributed by atoms with E-state index < -0.39 is 5.82 Å². The van der Waals surface area contributed by atoms with E-state index in [-0.39, 0.29) is 16.1 Å². The number of rotatable bonds is 3. The molecule has 0 heterocycles. The van der Waals surface area contributed by atoms with E-state index in [0.717, 1.165) is 0 Å². The molecule has 0 saturated carbocycles. The normalized spacial score (nSPS) is 11.4. The Bertz CT molecular complexity index is 502. The molecule has 3 nitrogen and oxygen atoms in total. The molecule has 88 valence electrons. The second-order valence-electron chi connectivity index (χ2n) is 3.69. The highest BCUT2D eigenvalue weighted by atomic mass is 79.9. The SMILES string of the molecule is CC(CC#N)N(C)c1ccc(C#N)c(Br)c1F. The molecule has 0 spiro atoms. The highest BCUT2D eigenvalue weighted by Gasteiger charge is 2.17. The van der Waals surface area contributed by atoms with Crippen molar-refractivity contribution in [2.45, 2.75) is 19.4 Å². The first kappa shape index (κ1) is 13.5. The molecule has 0 bridgehead atoms. The number of nitrogens with zero attached hydrogens (tertiary/aromatic N) is 3. The molecule has 0 N–H and O–H groups in total. The van der Waals surface area contributed by atoms with Gasteiger partial charge in [0.15, 0.2) is 5.82 Å². The summed E-state index contributed by atoms with van der Waals surface area (Å²) in [7, 11) is 1.72. The molecular weight excluding hydrogens is 285 g/mol. The molecule has 0 saturated heterocycles. The van der Waals surface area contributed by atoms with Gasteiger partial charge < -0.3 is 4.90 Å². The zero-order valence-electron chi connectivity index (χ0n) is 9.54. The van der Waals surface area contributed by atoms with Crippen molar-refractivity contribution in [3.05, 3.63) is 28.0 Å². The largest absolute Gasteiger partial charge is 0.368 e. The van der Waals surface area contributed by atoms with E-state index in [2.05, 4.69) is 15.9 Å². The summed E-state index contributed by atoms with van der Waals surface area (Å²) in [6.07, 6.45) is 0.313. The fraction of sp³-hybridized carbons (Fsp3) is 0.333. The molecule has 0 amide bonds. The molecule has 5 heteroatoms. The van der Waals surface area contributed by atoms with Crippen LogP contribution < -0.4 is 4.90 Å². The molecule has 0 aromatic heterocycles. The van der Waals surface area contributed by atoms with Gasteiger partial charge in [-0.25, -0.2) is 4.39 Å². The van der Waals surface area contributed by atoms with Gasteiger partial charge in [0.05, 0.1) is 28.2 Å². The first-order chi connectivity index (χ1) is 8.02. The third kappa shape index (κ3) is 2.75. The van der Waals surface area contributed by atoms with Crippen molar-refractivity contribution < 1.29 is 4.39 Å². The quantitative estimate of drug-likeness (QED) is 0.860.